The topological polar surface area (TPSA) is 55.8 Å². The SMILES string of the molecule is CCOc1cc(C2C3=C(CC(C)(C)CC3=O)N(CCc3ccccc3)C3=C2C(=O)CC(C)(C)C3)cc(Cl)c1OCC. The summed E-state index contributed by atoms with van der Waals surface area (Å²) >= 11 is 6.81. The van der Waals surface area contributed by atoms with Crippen molar-refractivity contribution >= 4 is 23.2 Å². The van der Waals surface area contributed by atoms with Crippen molar-refractivity contribution in [3.8, 4) is 11.5 Å². The van der Waals surface area contributed by atoms with Gasteiger partial charge in [0.15, 0.2) is 23.1 Å². The molecule has 2 aromatic carbocycles. The molecule has 0 fully saturated rings. The van der Waals surface area contributed by atoms with Gasteiger partial charge in [-0.1, -0.05) is 69.6 Å². The highest BCUT2D eigenvalue weighted by Crippen LogP contribution is 2.55. The van der Waals surface area contributed by atoms with Gasteiger partial charge in [-0.2, -0.15) is 0 Å². The minimum absolute atomic E-state index is 0.109. The number of carbonyl (C=O) groups is 2. The molecule has 0 unspecified atom stereocenters. The molecule has 2 aliphatic carbocycles. The highest BCUT2D eigenvalue weighted by molar-refractivity contribution is 6.32. The number of ether oxygens (including phenoxy) is 2. The molecule has 0 spiro atoms. The van der Waals surface area contributed by atoms with Gasteiger partial charge in [0.1, 0.15) is 0 Å². The van der Waals surface area contributed by atoms with Crippen LogP contribution >= 0.6 is 11.6 Å². The zero-order chi connectivity index (χ0) is 29.5. The first-order chi connectivity index (χ1) is 19.4. The summed E-state index contributed by atoms with van der Waals surface area (Å²) in [6, 6.07) is 14.2. The van der Waals surface area contributed by atoms with Crippen LogP contribution in [0.5, 0.6) is 11.5 Å². The molecule has 0 saturated carbocycles. The minimum atomic E-state index is -0.479. The van der Waals surface area contributed by atoms with E-state index in [1.807, 2.05) is 32.0 Å². The highest BCUT2D eigenvalue weighted by Gasteiger charge is 2.49. The van der Waals surface area contributed by atoms with E-state index in [9.17, 15) is 9.59 Å². The number of nitrogens with zero attached hydrogens (tertiary/aromatic N) is 1. The Hall–Kier alpha value is -3.05. The minimum Gasteiger partial charge on any atom is -0.490 e. The summed E-state index contributed by atoms with van der Waals surface area (Å²) in [5, 5.41) is 0.427. The Morgan fingerprint density at radius 1 is 0.829 bits per heavy atom. The third kappa shape index (κ3) is 5.83. The summed E-state index contributed by atoms with van der Waals surface area (Å²) in [5.74, 6) is 0.777. The Bertz CT molecular complexity index is 1370. The number of rotatable bonds is 8. The van der Waals surface area contributed by atoms with Gasteiger partial charge in [-0.05, 0) is 67.2 Å². The molecule has 5 rings (SSSR count). The summed E-state index contributed by atoms with van der Waals surface area (Å²) in [7, 11) is 0. The van der Waals surface area contributed by atoms with E-state index < -0.39 is 5.92 Å². The molecule has 218 valence electrons. The summed E-state index contributed by atoms with van der Waals surface area (Å²) in [5.41, 5.74) is 5.29. The van der Waals surface area contributed by atoms with Crippen LogP contribution in [0.2, 0.25) is 5.02 Å². The molecule has 0 bridgehead atoms. The summed E-state index contributed by atoms with van der Waals surface area (Å²) < 4.78 is 11.8. The zero-order valence-electron chi connectivity index (χ0n) is 25.2. The molecule has 0 atom stereocenters. The van der Waals surface area contributed by atoms with E-state index in [1.54, 1.807) is 0 Å². The van der Waals surface area contributed by atoms with Gasteiger partial charge < -0.3 is 14.4 Å². The number of benzene rings is 2. The van der Waals surface area contributed by atoms with Gasteiger partial charge in [0.25, 0.3) is 0 Å². The van der Waals surface area contributed by atoms with Crippen molar-refractivity contribution in [3.63, 3.8) is 0 Å². The molecule has 0 amide bonds. The maximum atomic E-state index is 14.1. The number of carbonyl (C=O) groups excluding carboxylic acids is 2. The summed E-state index contributed by atoms with van der Waals surface area (Å²) in [6.45, 7) is 14.1. The van der Waals surface area contributed by atoms with Crippen molar-refractivity contribution in [2.24, 2.45) is 10.8 Å². The Morgan fingerprint density at radius 3 is 1.93 bits per heavy atom. The van der Waals surface area contributed by atoms with Crippen LogP contribution in [-0.4, -0.2) is 36.2 Å². The molecule has 3 aliphatic rings. The van der Waals surface area contributed by atoms with Crippen molar-refractivity contribution in [1.29, 1.82) is 0 Å². The standard InChI is InChI=1S/C35H42ClNO4/c1-7-40-29-17-23(16-24(36)33(29)41-8-2)30-31-25(18-34(3,4)20-27(31)38)37(15-14-22-12-10-9-11-13-22)26-19-35(5,6)21-28(39)32(26)30/h9-13,16-17,30H,7-8,14-15,18-21H2,1-6H3. The zero-order valence-corrected chi connectivity index (χ0v) is 26.0. The molecular formula is C35H42ClNO4. The molecule has 1 heterocycles. The van der Waals surface area contributed by atoms with E-state index in [0.717, 1.165) is 53.9 Å². The van der Waals surface area contributed by atoms with Gasteiger partial charge in [0, 0.05) is 47.8 Å². The van der Waals surface area contributed by atoms with Crippen molar-refractivity contribution in [1.82, 2.24) is 4.90 Å². The second-order valence-corrected chi connectivity index (χ2v) is 13.5. The van der Waals surface area contributed by atoms with Crippen molar-refractivity contribution < 1.29 is 19.1 Å². The van der Waals surface area contributed by atoms with E-state index in [4.69, 9.17) is 21.1 Å². The number of halogens is 1. The number of hydrogen-bond acceptors (Lipinski definition) is 5. The van der Waals surface area contributed by atoms with Crippen molar-refractivity contribution in [2.45, 2.75) is 79.6 Å². The summed E-state index contributed by atoms with van der Waals surface area (Å²) in [6.07, 6.45) is 3.26. The van der Waals surface area contributed by atoms with E-state index >= 15 is 0 Å². The van der Waals surface area contributed by atoms with Gasteiger partial charge in [0.05, 0.1) is 18.2 Å². The predicted octanol–water partition coefficient (Wildman–Crippen LogP) is 8.07. The van der Waals surface area contributed by atoms with Crippen molar-refractivity contribution in [2.75, 3.05) is 19.8 Å². The molecule has 0 aromatic heterocycles. The second-order valence-electron chi connectivity index (χ2n) is 13.1. The van der Waals surface area contributed by atoms with Crippen LogP contribution in [-0.2, 0) is 16.0 Å². The second kappa shape index (κ2) is 11.3. The molecule has 0 N–H and O–H groups in total. The van der Waals surface area contributed by atoms with Crippen molar-refractivity contribution in [3.05, 3.63) is 81.2 Å². The monoisotopic (exact) mass is 575 g/mol. The molecule has 0 saturated heterocycles. The number of ketones is 2. The van der Waals surface area contributed by atoms with Gasteiger partial charge in [-0.25, -0.2) is 0 Å². The number of Topliss-reactive ketones (excluding diaryl/α,β-unsaturated/α-hetero) is 2. The van der Waals surface area contributed by atoms with E-state index in [2.05, 4.69) is 56.9 Å². The lowest BCUT2D eigenvalue weighted by atomic mass is 9.63. The van der Waals surface area contributed by atoms with E-state index in [0.29, 0.717) is 42.6 Å². The Kier molecular flexibility index (Phi) is 8.13. The first-order valence-electron chi connectivity index (χ1n) is 14.9. The van der Waals surface area contributed by atoms with Crippen LogP contribution in [0.15, 0.2) is 65.0 Å². The average molecular weight is 576 g/mol. The van der Waals surface area contributed by atoms with Gasteiger partial charge >= 0.3 is 0 Å². The molecule has 5 nitrogen and oxygen atoms in total. The fourth-order valence-corrected chi connectivity index (χ4v) is 7.11. The molecule has 2 aromatic rings. The smallest absolute Gasteiger partial charge is 0.179 e. The number of allylic oxidation sites excluding steroid dienone is 4. The Morgan fingerprint density at radius 2 is 1.39 bits per heavy atom. The van der Waals surface area contributed by atoms with Gasteiger partial charge in [-0.15, -0.1) is 0 Å². The van der Waals surface area contributed by atoms with Crippen LogP contribution in [0.25, 0.3) is 0 Å². The van der Waals surface area contributed by atoms with Crippen LogP contribution < -0.4 is 9.47 Å². The Balaban J connectivity index is 1.73. The molecule has 1 aliphatic heterocycles. The Labute approximate surface area is 249 Å². The lowest BCUT2D eigenvalue weighted by Gasteiger charge is -2.49. The predicted molar refractivity (Wildman–Crippen MR) is 163 cm³/mol. The fraction of sp³-hybridized carbons (Fsp3) is 0.486. The third-order valence-corrected chi connectivity index (χ3v) is 8.72. The van der Waals surface area contributed by atoms with E-state index in [-0.39, 0.29) is 22.4 Å². The molecular weight excluding hydrogens is 534 g/mol. The van der Waals surface area contributed by atoms with Crippen LogP contribution in [0.4, 0.5) is 0 Å². The maximum absolute atomic E-state index is 14.1. The highest BCUT2D eigenvalue weighted by atomic mass is 35.5. The normalized spacial score (nSPS) is 20.2. The largest absolute Gasteiger partial charge is 0.490 e. The molecule has 0 radical (unpaired) electrons. The van der Waals surface area contributed by atoms with Crippen LogP contribution in [0.1, 0.15) is 84.3 Å². The van der Waals surface area contributed by atoms with Gasteiger partial charge in [0.2, 0.25) is 0 Å². The first-order valence-corrected chi connectivity index (χ1v) is 15.3. The number of hydrogen-bond donors (Lipinski definition) is 0. The first kappa shape index (κ1) is 29.4. The third-order valence-electron chi connectivity index (χ3n) is 8.44. The lowest BCUT2D eigenvalue weighted by Crippen LogP contribution is -2.45. The van der Waals surface area contributed by atoms with E-state index in [1.165, 1.54) is 5.56 Å². The summed E-state index contributed by atoms with van der Waals surface area (Å²) in [4.78, 5) is 30.6. The molecule has 6 heteroatoms. The van der Waals surface area contributed by atoms with Crippen LogP contribution in [0.3, 0.4) is 0 Å². The average Bonchev–Trinajstić information content (AvgIpc) is 2.88. The fourth-order valence-electron chi connectivity index (χ4n) is 6.84. The van der Waals surface area contributed by atoms with Crippen LogP contribution in [0, 0.1) is 10.8 Å². The maximum Gasteiger partial charge on any atom is 0.179 e. The molecule has 41 heavy (non-hydrogen) atoms. The van der Waals surface area contributed by atoms with Gasteiger partial charge in [-0.3, -0.25) is 9.59 Å². The quantitative estimate of drug-likeness (QED) is 0.318. The lowest BCUT2D eigenvalue weighted by molar-refractivity contribution is -0.119.